The number of ether oxygens (including phenoxy) is 13. The average Bonchev–Trinajstić information content (AvgIpc) is 0.819. The molecule has 1 saturated carbocycles. The van der Waals surface area contributed by atoms with Gasteiger partial charge < -0.3 is 150 Å². The Balaban J connectivity index is 1.16. The molecule has 3 heterocycles. The lowest BCUT2D eigenvalue weighted by Crippen LogP contribution is -2.64. The van der Waals surface area contributed by atoms with Crippen molar-refractivity contribution in [1.29, 1.82) is 0 Å². The smallest absolute Gasteiger partial charge is 0.220 e. The number of amides is 8. The SMILES string of the molecule is CC(=O)NC1C(OCCOCCOCCNC(=O)CCC(CCC(=O)NCCOCCOCCOC2OC(CO)C(O)C(O)C2NC(C)=O)(CCC(=O)NCCOCCOCCOC2OC(CO)C(O)C(O)C2NC(C)=O)NC(=O)CCCC(=O)NCC(C)(C)CC(C)(C)COC2CCC(c3ccccc3)CC2)OC(CO)C(O)C1O. The van der Waals surface area contributed by atoms with Gasteiger partial charge in [0.05, 0.1) is 132 Å². The molecule has 0 radical (unpaired) electrons. The van der Waals surface area contributed by atoms with Crippen LogP contribution < -0.4 is 42.5 Å². The van der Waals surface area contributed by atoms with Crippen molar-refractivity contribution in [3.8, 4) is 0 Å². The summed E-state index contributed by atoms with van der Waals surface area (Å²) in [7, 11) is 0. The summed E-state index contributed by atoms with van der Waals surface area (Å²) in [5.74, 6) is -3.02. The number of hydrogen-bond donors (Lipinski definition) is 17. The molecular formula is C78H134N8O30. The van der Waals surface area contributed by atoms with Crippen molar-refractivity contribution >= 4 is 47.3 Å². The number of benzene rings is 1. The van der Waals surface area contributed by atoms with Gasteiger partial charge in [-0.1, -0.05) is 58.0 Å². The topological polar surface area (TPSA) is 535 Å². The highest BCUT2D eigenvalue weighted by Gasteiger charge is 2.48. The van der Waals surface area contributed by atoms with Crippen molar-refractivity contribution in [3.05, 3.63) is 35.9 Å². The van der Waals surface area contributed by atoms with Crippen LogP contribution in [0.25, 0.3) is 0 Å². The maximum Gasteiger partial charge on any atom is 0.220 e. The van der Waals surface area contributed by atoms with Gasteiger partial charge in [-0.3, -0.25) is 38.4 Å². The first-order valence-electron chi connectivity index (χ1n) is 40.4. The van der Waals surface area contributed by atoms with Crippen LogP contribution >= 0.6 is 0 Å². The molecule has 1 aromatic carbocycles. The number of rotatable bonds is 58. The lowest BCUT2D eigenvalue weighted by Gasteiger charge is -2.42. The van der Waals surface area contributed by atoms with Crippen LogP contribution in [0.15, 0.2) is 30.3 Å². The lowest BCUT2D eigenvalue weighted by atomic mass is 9.75. The Bertz CT molecular complexity index is 2790. The molecule has 3 saturated heterocycles. The van der Waals surface area contributed by atoms with E-state index < -0.39 is 159 Å². The van der Waals surface area contributed by atoms with Crippen molar-refractivity contribution in [2.24, 2.45) is 10.8 Å². The second-order valence-electron chi connectivity index (χ2n) is 31.3. The third-order valence-corrected chi connectivity index (χ3v) is 20.2. The van der Waals surface area contributed by atoms with Gasteiger partial charge in [-0.25, -0.2) is 0 Å². The Morgan fingerprint density at radius 1 is 0.405 bits per heavy atom. The normalized spacial score (nSPS) is 26.2. The van der Waals surface area contributed by atoms with Gasteiger partial charge in [0.15, 0.2) is 18.9 Å². The van der Waals surface area contributed by atoms with E-state index in [0.29, 0.717) is 19.1 Å². The van der Waals surface area contributed by atoms with Crippen LogP contribution in [0.2, 0.25) is 0 Å². The zero-order valence-corrected chi connectivity index (χ0v) is 68.5. The Kier molecular flexibility index (Phi) is 47.2. The fourth-order valence-corrected chi connectivity index (χ4v) is 14.4. The van der Waals surface area contributed by atoms with E-state index in [2.05, 4.69) is 94.5 Å². The molecule has 17 N–H and O–H groups in total. The van der Waals surface area contributed by atoms with Gasteiger partial charge in [0.25, 0.3) is 0 Å². The van der Waals surface area contributed by atoms with Crippen LogP contribution in [0.4, 0.5) is 0 Å². The predicted octanol–water partition coefficient (Wildman–Crippen LogP) is -3.02. The zero-order valence-electron chi connectivity index (χ0n) is 68.5. The lowest BCUT2D eigenvalue weighted by molar-refractivity contribution is -0.272. The summed E-state index contributed by atoms with van der Waals surface area (Å²) in [6.07, 6.45) is -11.4. The molecule has 8 amide bonds. The standard InChI is InChI=1S/C78H134N8O30/c1-50(90)83-64-70(101)67(98)56(44-87)114-73(64)110-41-38-107-35-32-104-29-26-79-60(94)20-23-78(24-21-61(95)80-27-30-105-33-36-108-39-42-111-74-65(84-51(2)91)71(102)68(99)57(45-88)115-74,25-22-62(96)81-28-31-106-34-37-109-40-43-112-75-66(85-52(3)92)72(103)69(100)58(46-89)116-75)86-63(97)15-11-14-59(93)82-48-76(4,5)47-77(6,7)49-113-55-18-16-54(17-19-55)53-12-9-8-10-13-53/h8-10,12-13,54-58,64-75,87-89,98-103H,11,14-49H2,1-7H3,(H,79,94)(H,80,95)(H,81,96)(H,82,93)(H,83,90)(H,84,91)(H,85,92)(H,86,97). The Labute approximate surface area is 679 Å². The third kappa shape index (κ3) is 38.2. The van der Waals surface area contributed by atoms with Gasteiger partial charge >= 0.3 is 0 Å². The van der Waals surface area contributed by atoms with E-state index >= 15 is 0 Å². The summed E-state index contributed by atoms with van der Waals surface area (Å²) < 4.78 is 74.1. The predicted molar refractivity (Wildman–Crippen MR) is 413 cm³/mol. The number of nitrogens with one attached hydrogen (secondary N) is 8. The summed E-state index contributed by atoms with van der Waals surface area (Å²) in [4.78, 5) is 104. The van der Waals surface area contributed by atoms with Gasteiger partial charge in [-0.05, 0) is 80.1 Å². The van der Waals surface area contributed by atoms with E-state index in [9.17, 15) is 84.3 Å². The minimum atomic E-state index is -1.48. The Morgan fingerprint density at radius 2 is 0.741 bits per heavy atom. The molecule has 4 aliphatic rings. The highest BCUT2D eigenvalue weighted by atomic mass is 16.7. The monoisotopic (exact) mass is 1660 g/mol. The molecule has 3 aliphatic heterocycles. The molecule has 38 nitrogen and oxygen atoms in total. The molecule has 5 rings (SSSR count). The summed E-state index contributed by atoms with van der Waals surface area (Å²) in [6.45, 7) is 12.3. The number of carbonyl (C=O) groups excluding carboxylic acids is 8. The highest BCUT2D eigenvalue weighted by Crippen LogP contribution is 2.38. The Morgan fingerprint density at radius 3 is 1.09 bits per heavy atom. The quantitative estimate of drug-likeness (QED) is 0.0289. The summed E-state index contributed by atoms with van der Waals surface area (Å²) >= 11 is 0. The van der Waals surface area contributed by atoms with E-state index in [1.54, 1.807) is 0 Å². The van der Waals surface area contributed by atoms with Crippen LogP contribution in [-0.2, 0) is 99.9 Å². The minimum absolute atomic E-state index is 0.0156. The molecule has 116 heavy (non-hydrogen) atoms. The van der Waals surface area contributed by atoms with Gasteiger partial charge in [0, 0.05) is 84.6 Å². The van der Waals surface area contributed by atoms with E-state index in [4.69, 9.17) is 61.6 Å². The van der Waals surface area contributed by atoms with Gasteiger partial charge in [-0.15, -0.1) is 0 Å². The van der Waals surface area contributed by atoms with Crippen LogP contribution in [0.3, 0.4) is 0 Å². The molecule has 666 valence electrons. The molecule has 1 aromatic rings. The van der Waals surface area contributed by atoms with Crippen LogP contribution in [0.1, 0.15) is 150 Å². The Hall–Kier alpha value is -5.90. The summed E-state index contributed by atoms with van der Waals surface area (Å²) in [6, 6.07) is 7.23. The fraction of sp³-hybridized carbons (Fsp3) is 0.821. The van der Waals surface area contributed by atoms with Crippen molar-refractivity contribution in [3.63, 3.8) is 0 Å². The number of aliphatic hydroxyl groups excluding tert-OH is 9. The second-order valence-corrected chi connectivity index (χ2v) is 31.3. The summed E-state index contributed by atoms with van der Waals surface area (Å²) in [5.41, 5.74) is -0.470. The molecular weight excluding hydrogens is 1530 g/mol. The van der Waals surface area contributed by atoms with Gasteiger partial charge in [0.2, 0.25) is 47.3 Å². The van der Waals surface area contributed by atoms with Crippen molar-refractivity contribution < 1.29 is 146 Å². The summed E-state index contributed by atoms with van der Waals surface area (Å²) in [5, 5.41) is 113. The molecule has 15 atom stereocenters. The number of aliphatic hydroxyl groups is 9. The number of carbonyl (C=O) groups is 8. The van der Waals surface area contributed by atoms with Crippen molar-refractivity contribution in [1.82, 2.24) is 42.5 Å². The zero-order chi connectivity index (χ0) is 85.1. The highest BCUT2D eigenvalue weighted by molar-refractivity contribution is 5.81. The largest absolute Gasteiger partial charge is 0.394 e. The van der Waals surface area contributed by atoms with E-state index in [0.717, 1.165) is 32.1 Å². The molecule has 0 bridgehead atoms. The van der Waals surface area contributed by atoms with Crippen LogP contribution in [0.5, 0.6) is 0 Å². The first kappa shape index (κ1) is 101. The fourth-order valence-electron chi connectivity index (χ4n) is 14.4. The third-order valence-electron chi connectivity index (χ3n) is 20.2. The van der Waals surface area contributed by atoms with E-state index in [1.165, 1.54) is 26.3 Å². The molecule has 4 fully saturated rings. The molecule has 15 unspecified atom stereocenters. The molecule has 38 heteroatoms. The minimum Gasteiger partial charge on any atom is -0.394 e. The van der Waals surface area contributed by atoms with Crippen LogP contribution in [0, 0.1) is 10.8 Å². The maximum absolute atomic E-state index is 14.3. The van der Waals surface area contributed by atoms with Gasteiger partial charge in [-0.2, -0.15) is 0 Å². The molecule has 0 spiro atoms. The molecule has 1 aliphatic carbocycles. The van der Waals surface area contributed by atoms with Crippen LogP contribution in [-0.4, -0.2) is 349 Å². The number of hydrogen-bond acceptors (Lipinski definition) is 30. The first-order valence-corrected chi connectivity index (χ1v) is 40.4. The van der Waals surface area contributed by atoms with E-state index in [1.807, 2.05) is 6.07 Å². The van der Waals surface area contributed by atoms with E-state index in [-0.39, 0.29) is 199 Å². The average molecular weight is 1660 g/mol. The molecule has 0 aromatic heterocycles. The first-order chi connectivity index (χ1) is 55.4. The maximum atomic E-state index is 14.3. The van der Waals surface area contributed by atoms with Crippen molar-refractivity contribution in [2.45, 2.75) is 248 Å². The van der Waals surface area contributed by atoms with Crippen molar-refractivity contribution in [2.75, 3.05) is 152 Å². The van der Waals surface area contributed by atoms with Gasteiger partial charge in [0.1, 0.15) is 73.1 Å². The second kappa shape index (κ2) is 54.4.